The van der Waals surface area contributed by atoms with Gasteiger partial charge in [-0.25, -0.2) is 9.59 Å². The molecule has 170 valence electrons. The number of para-hydroxylation sites is 1. The van der Waals surface area contributed by atoms with Crippen LogP contribution in [-0.4, -0.2) is 58.4 Å². The number of amides is 1. The number of esters is 3. The normalized spacial score (nSPS) is 19.3. The highest BCUT2D eigenvalue weighted by Gasteiger charge is 2.62. The van der Waals surface area contributed by atoms with Crippen molar-refractivity contribution in [2.45, 2.75) is 11.8 Å². The summed E-state index contributed by atoms with van der Waals surface area (Å²) in [6.07, 6.45) is -0.537. The number of nitrogens with one attached hydrogen (secondary N) is 1. The van der Waals surface area contributed by atoms with Gasteiger partial charge in [0.15, 0.2) is 0 Å². The molecule has 1 aromatic carbocycles. The fraction of sp³-hybridized carbons (Fsp3) is 0.333. The van der Waals surface area contributed by atoms with Crippen molar-refractivity contribution in [3.8, 4) is 0 Å². The maximum atomic E-state index is 13.5. The summed E-state index contributed by atoms with van der Waals surface area (Å²) < 4.78 is 25.2. The topological polar surface area (TPSA) is 152 Å². The third kappa shape index (κ3) is 3.56. The van der Waals surface area contributed by atoms with Crippen molar-refractivity contribution >= 4 is 29.5 Å². The second-order valence-electron chi connectivity index (χ2n) is 6.76. The van der Waals surface area contributed by atoms with Gasteiger partial charge in [0, 0.05) is 18.4 Å². The molecule has 0 radical (unpaired) electrons. The molecule has 2 aliphatic heterocycles. The molecule has 0 unspecified atom stereocenters. The van der Waals surface area contributed by atoms with Crippen LogP contribution in [0.3, 0.4) is 0 Å². The van der Waals surface area contributed by atoms with Crippen molar-refractivity contribution in [2.24, 2.45) is 5.73 Å². The van der Waals surface area contributed by atoms with Crippen LogP contribution in [0.2, 0.25) is 0 Å². The SMILES string of the molecule is COCCOC(=O)C1=C(N)OC(CC(=O)OC)=C(C(=O)OC)[C@@]12C(=O)Nc1ccccc12. The number of benzene rings is 1. The highest BCUT2D eigenvalue weighted by molar-refractivity contribution is 6.21. The van der Waals surface area contributed by atoms with Gasteiger partial charge in [0.1, 0.15) is 35.3 Å². The van der Waals surface area contributed by atoms with Crippen molar-refractivity contribution in [3.05, 3.63) is 52.6 Å². The number of methoxy groups -OCH3 is 3. The number of fused-ring (bicyclic) bond motifs is 2. The Labute approximate surface area is 183 Å². The monoisotopic (exact) mass is 446 g/mol. The lowest BCUT2D eigenvalue weighted by molar-refractivity contribution is -0.143. The van der Waals surface area contributed by atoms with Crippen molar-refractivity contribution in [2.75, 3.05) is 39.9 Å². The largest absolute Gasteiger partial charge is 0.469 e. The van der Waals surface area contributed by atoms with Crippen LogP contribution in [0, 0.1) is 0 Å². The van der Waals surface area contributed by atoms with Crippen molar-refractivity contribution in [3.63, 3.8) is 0 Å². The summed E-state index contributed by atoms with van der Waals surface area (Å²) in [7, 11) is 3.66. The van der Waals surface area contributed by atoms with Gasteiger partial charge in [0.25, 0.3) is 0 Å². The molecule has 2 heterocycles. The Kier molecular flexibility index (Phi) is 6.49. The molecule has 1 amide bonds. The fourth-order valence-electron chi connectivity index (χ4n) is 3.75. The molecule has 0 aliphatic carbocycles. The Morgan fingerprint density at radius 3 is 2.41 bits per heavy atom. The third-order valence-corrected chi connectivity index (χ3v) is 5.08. The van der Waals surface area contributed by atoms with Gasteiger partial charge in [-0.2, -0.15) is 0 Å². The minimum absolute atomic E-state index is 0.0862. The lowest BCUT2D eigenvalue weighted by atomic mass is 9.67. The summed E-state index contributed by atoms with van der Waals surface area (Å²) in [4.78, 5) is 51.6. The number of hydrogen-bond acceptors (Lipinski definition) is 10. The zero-order valence-corrected chi connectivity index (χ0v) is 17.7. The summed E-state index contributed by atoms with van der Waals surface area (Å²) >= 11 is 0. The second kappa shape index (κ2) is 9.10. The lowest BCUT2D eigenvalue weighted by Crippen LogP contribution is -2.49. The van der Waals surface area contributed by atoms with E-state index in [1.54, 1.807) is 24.3 Å². The molecule has 1 aromatic rings. The third-order valence-electron chi connectivity index (χ3n) is 5.08. The Hall–Kier alpha value is -3.86. The fourth-order valence-corrected chi connectivity index (χ4v) is 3.75. The Bertz CT molecular complexity index is 1040. The molecule has 1 atom stereocenters. The van der Waals surface area contributed by atoms with E-state index in [0.29, 0.717) is 5.69 Å². The highest BCUT2D eigenvalue weighted by atomic mass is 16.6. The molecule has 1 spiro atoms. The van der Waals surface area contributed by atoms with E-state index in [2.05, 4.69) is 10.1 Å². The standard InChI is InChI=1S/C21H22N2O9/c1-28-8-9-31-19(26)16-17(22)32-13(10-14(24)29-2)15(18(25)30-3)21(16)11-6-4-5-7-12(11)23-20(21)27/h4-7H,8-10,22H2,1-3H3,(H,23,27)/t21-/m1/s1. The van der Waals surface area contributed by atoms with Gasteiger partial charge in [0.05, 0.1) is 20.8 Å². The van der Waals surface area contributed by atoms with E-state index in [9.17, 15) is 19.2 Å². The maximum absolute atomic E-state index is 13.5. The maximum Gasteiger partial charge on any atom is 0.341 e. The van der Waals surface area contributed by atoms with Gasteiger partial charge in [-0.15, -0.1) is 0 Å². The van der Waals surface area contributed by atoms with Gasteiger partial charge in [-0.1, -0.05) is 18.2 Å². The van der Waals surface area contributed by atoms with Crippen LogP contribution in [0.1, 0.15) is 12.0 Å². The van der Waals surface area contributed by atoms with E-state index in [1.807, 2.05) is 0 Å². The zero-order valence-electron chi connectivity index (χ0n) is 17.7. The predicted octanol–water partition coefficient (Wildman–Crippen LogP) is 0.257. The Balaban J connectivity index is 2.32. The molecule has 0 saturated carbocycles. The molecule has 0 saturated heterocycles. The molecule has 0 bridgehead atoms. The number of nitrogens with two attached hydrogens (primary N) is 1. The van der Waals surface area contributed by atoms with Crippen LogP contribution in [-0.2, 0) is 48.3 Å². The van der Waals surface area contributed by atoms with E-state index in [0.717, 1.165) is 14.2 Å². The van der Waals surface area contributed by atoms with E-state index in [-0.39, 0.29) is 30.1 Å². The molecule has 0 aromatic heterocycles. The number of carbonyl (C=O) groups is 4. The zero-order chi connectivity index (χ0) is 23.5. The predicted molar refractivity (Wildman–Crippen MR) is 108 cm³/mol. The molecule has 3 rings (SSSR count). The minimum atomic E-state index is -2.07. The molecule has 3 N–H and O–H groups in total. The van der Waals surface area contributed by atoms with Crippen LogP contribution in [0.4, 0.5) is 5.69 Å². The van der Waals surface area contributed by atoms with E-state index in [1.165, 1.54) is 7.11 Å². The molecule has 0 fully saturated rings. The van der Waals surface area contributed by atoms with Crippen LogP contribution in [0.15, 0.2) is 47.1 Å². The van der Waals surface area contributed by atoms with E-state index < -0.39 is 47.1 Å². The summed E-state index contributed by atoms with van der Waals surface area (Å²) in [5.41, 5.74) is 3.81. The van der Waals surface area contributed by atoms with Crippen molar-refractivity contribution in [1.82, 2.24) is 0 Å². The summed E-state index contributed by atoms with van der Waals surface area (Å²) in [6, 6.07) is 6.43. The van der Waals surface area contributed by atoms with Gasteiger partial charge >= 0.3 is 17.9 Å². The lowest BCUT2D eigenvalue weighted by Gasteiger charge is -2.35. The minimum Gasteiger partial charge on any atom is -0.469 e. The number of anilines is 1. The van der Waals surface area contributed by atoms with E-state index >= 15 is 0 Å². The first-order chi connectivity index (χ1) is 15.3. The van der Waals surface area contributed by atoms with Crippen LogP contribution < -0.4 is 11.1 Å². The molecule has 11 heteroatoms. The first-order valence-electron chi connectivity index (χ1n) is 9.46. The average Bonchev–Trinajstić information content (AvgIpc) is 3.05. The van der Waals surface area contributed by atoms with Gasteiger partial charge in [-0.05, 0) is 6.07 Å². The summed E-state index contributed by atoms with van der Waals surface area (Å²) in [5.74, 6) is -4.28. The first kappa shape index (κ1) is 22.8. The van der Waals surface area contributed by atoms with Crippen LogP contribution in [0.5, 0.6) is 0 Å². The quantitative estimate of drug-likeness (QED) is 0.339. The van der Waals surface area contributed by atoms with Gasteiger partial charge in [-0.3, -0.25) is 9.59 Å². The molecule has 2 aliphatic rings. The number of carbonyl (C=O) groups excluding carboxylic acids is 4. The second-order valence-corrected chi connectivity index (χ2v) is 6.76. The van der Waals surface area contributed by atoms with Crippen molar-refractivity contribution < 1.29 is 42.9 Å². The van der Waals surface area contributed by atoms with Gasteiger partial charge < -0.3 is 34.7 Å². The molecule has 32 heavy (non-hydrogen) atoms. The molecular formula is C21H22N2O9. The first-order valence-corrected chi connectivity index (χ1v) is 9.46. The van der Waals surface area contributed by atoms with Gasteiger partial charge in [0.2, 0.25) is 11.8 Å². The van der Waals surface area contributed by atoms with E-state index in [4.69, 9.17) is 24.7 Å². The van der Waals surface area contributed by atoms with Crippen LogP contribution in [0.25, 0.3) is 0 Å². The Morgan fingerprint density at radius 1 is 1.03 bits per heavy atom. The van der Waals surface area contributed by atoms with Crippen LogP contribution >= 0.6 is 0 Å². The average molecular weight is 446 g/mol. The number of ether oxygens (including phenoxy) is 5. The smallest absolute Gasteiger partial charge is 0.341 e. The summed E-state index contributed by atoms with van der Waals surface area (Å²) in [5, 5.41) is 2.65. The highest BCUT2D eigenvalue weighted by Crippen LogP contribution is 2.52. The van der Waals surface area contributed by atoms with Crippen molar-refractivity contribution in [1.29, 1.82) is 0 Å². The molecule has 11 nitrogen and oxygen atoms in total. The number of hydrogen-bond donors (Lipinski definition) is 2. The number of rotatable bonds is 7. The summed E-state index contributed by atoms with van der Waals surface area (Å²) in [6.45, 7) is -0.0550. The Morgan fingerprint density at radius 2 is 1.75 bits per heavy atom. The molecular weight excluding hydrogens is 424 g/mol.